The molecule has 2 N–H and O–H groups in total. The third-order valence-corrected chi connectivity index (χ3v) is 4.18. The van der Waals surface area contributed by atoms with E-state index in [-0.39, 0.29) is 23.2 Å². The fourth-order valence-electron chi connectivity index (χ4n) is 2.75. The summed E-state index contributed by atoms with van der Waals surface area (Å²) in [6.45, 7) is 1.60. The van der Waals surface area contributed by atoms with E-state index in [2.05, 4.69) is 20.4 Å². The van der Waals surface area contributed by atoms with E-state index < -0.39 is 0 Å². The van der Waals surface area contributed by atoms with Gasteiger partial charge in [-0.2, -0.15) is 5.10 Å². The van der Waals surface area contributed by atoms with E-state index in [1.54, 1.807) is 0 Å². The van der Waals surface area contributed by atoms with Gasteiger partial charge in [0.05, 0.1) is 10.7 Å². The quantitative estimate of drug-likeness (QED) is 0.898. The Morgan fingerprint density at radius 1 is 1.30 bits per heavy atom. The topological polar surface area (TPSA) is 78.1 Å². The Morgan fingerprint density at radius 2 is 2.13 bits per heavy atom. The summed E-state index contributed by atoms with van der Waals surface area (Å²) in [6, 6.07) is 10.4. The smallest absolute Gasteiger partial charge is 0.271 e. The number of benzene rings is 1. The molecular weight excluding hydrogens is 316 g/mol. The zero-order chi connectivity index (χ0) is 16.2. The highest BCUT2D eigenvalue weighted by Crippen LogP contribution is 2.27. The predicted octanol–water partition coefficient (Wildman–Crippen LogP) is 1.82. The molecule has 6 nitrogen and oxygen atoms in total. The lowest BCUT2D eigenvalue weighted by Gasteiger charge is -2.35. The Hall–Kier alpha value is -2.34. The first kappa shape index (κ1) is 15.6. The predicted molar refractivity (Wildman–Crippen MR) is 89.0 cm³/mol. The summed E-state index contributed by atoms with van der Waals surface area (Å²) < 4.78 is 0. The lowest BCUT2D eigenvalue weighted by atomic mass is 10.0. The van der Waals surface area contributed by atoms with E-state index in [4.69, 9.17) is 11.6 Å². The zero-order valence-corrected chi connectivity index (χ0v) is 13.2. The number of carbonyl (C=O) groups is 1. The van der Waals surface area contributed by atoms with Crippen molar-refractivity contribution >= 4 is 23.2 Å². The monoisotopic (exact) mass is 332 g/mol. The highest BCUT2D eigenvalue weighted by Gasteiger charge is 2.23. The van der Waals surface area contributed by atoms with Gasteiger partial charge in [0, 0.05) is 25.2 Å². The second-order valence-electron chi connectivity index (χ2n) is 5.52. The summed E-state index contributed by atoms with van der Waals surface area (Å²) in [5.41, 5.74) is 0.860. The minimum Gasteiger partial charge on any atom is -0.368 e. The molecule has 1 atom stereocenters. The number of aromatic nitrogens is 2. The van der Waals surface area contributed by atoms with Crippen LogP contribution in [-0.4, -0.2) is 35.2 Å². The molecule has 3 rings (SSSR count). The molecule has 1 fully saturated rings. The fraction of sp³-hybridized carbons (Fsp3) is 0.312. The zero-order valence-electron chi connectivity index (χ0n) is 12.5. The van der Waals surface area contributed by atoms with E-state index in [0.717, 1.165) is 25.1 Å². The van der Waals surface area contributed by atoms with Gasteiger partial charge in [0.2, 0.25) is 0 Å². The maximum Gasteiger partial charge on any atom is 0.271 e. The Balaban J connectivity index is 1.67. The largest absolute Gasteiger partial charge is 0.368 e. The van der Waals surface area contributed by atoms with Crippen LogP contribution in [0.3, 0.4) is 0 Å². The van der Waals surface area contributed by atoms with Crippen molar-refractivity contribution < 1.29 is 4.79 Å². The lowest BCUT2D eigenvalue weighted by molar-refractivity contribution is 0.0927. The Kier molecular flexibility index (Phi) is 4.62. The van der Waals surface area contributed by atoms with Gasteiger partial charge >= 0.3 is 0 Å². The summed E-state index contributed by atoms with van der Waals surface area (Å²) in [4.78, 5) is 25.4. The van der Waals surface area contributed by atoms with Gasteiger partial charge in [-0.05, 0) is 31.0 Å². The number of amides is 1. The molecule has 1 aromatic heterocycles. The standard InChI is InChI=1S/C16H17ClN4O2/c17-12-5-1-2-6-14(12)21-9-3-4-11(10-21)18-16(23)13-7-8-15(22)20-19-13/h1-2,5-8,11H,3-4,9-10H2,(H,18,23)(H,20,22)/t11-/m0/s1. The molecule has 1 amide bonds. The van der Waals surface area contributed by atoms with Crippen LogP contribution >= 0.6 is 11.6 Å². The molecule has 0 bridgehead atoms. The molecule has 2 aromatic rings. The average Bonchev–Trinajstić information content (AvgIpc) is 2.56. The van der Waals surface area contributed by atoms with Crippen LogP contribution in [0.2, 0.25) is 5.02 Å². The van der Waals surface area contributed by atoms with Gasteiger partial charge in [0.1, 0.15) is 5.69 Å². The van der Waals surface area contributed by atoms with Crippen molar-refractivity contribution in [3.63, 3.8) is 0 Å². The van der Waals surface area contributed by atoms with Crippen LogP contribution in [0.25, 0.3) is 0 Å². The number of carbonyl (C=O) groups excluding carboxylic acids is 1. The summed E-state index contributed by atoms with van der Waals surface area (Å²) in [6.07, 6.45) is 1.87. The number of H-pyrrole nitrogens is 1. The van der Waals surface area contributed by atoms with Crippen molar-refractivity contribution in [3.8, 4) is 0 Å². The number of hydrogen-bond donors (Lipinski definition) is 2. The average molecular weight is 333 g/mol. The minimum atomic E-state index is -0.330. The van der Waals surface area contributed by atoms with E-state index >= 15 is 0 Å². The maximum absolute atomic E-state index is 12.2. The van der Waals surface area contributed by atoms with Crippen molar-refractivity contribution in [1.82, 2.24) is 15.5 Å². The number of piperidine rings is 1. The van der Waals surface area contributed by atoms with Crippen molar-refractivity contribution in [2.45, 2.75) is 18.9 Å². The summed E-state index contributed by atoms with van der Waals surface area (Å²) in [7, 11) is 0. The molecule has 23 heavy (non-hydrogen) atoms. The van der Waals surface area contributed by atoms with Crippen LogP contribution in [0.15, 0.2) is 41.2 Å². The molecule has 0 aliphatic carbocycles. The second kappa shape index (κ2) is 6.83. The van der Waals surface area contributed by atoms with Crippen molar-refractivity contribution in [2.24, 2.45) is 0 Å². The molecule has 1 saturated heterocycles. The highest BCUT2D eigenvalue weighted by molar-refractivity contribution is 6.33. The number of hydrogen-bond acceptors (Lipinski definition) is 4. The summed E-state index contributed by atoms with van der Waals surface area (Å²) in [5.74, 6) is -0.285. The molecule has 0 spiro atoms. The molecular formula is C16H17ClN4O2. The first-order valence-corrected chi connectivity index (χ1v) is 7.87. The molecule has 2 heterocycles. The van der Waals surface area contributed by atoms with Crippen LogP contribution in [-0.2, 0) is 0 Å². The van der Waals surface area contributed by atoms with Crippen LogP contribution < -0.4 is 15.8 Å². The third kappa shape index (κ3) is 3.71. The van der Waals surface area contributed by atoms with Crippen molar-refractivity contribution in [2.75, 3.05) is 18.0 Å². The van der Waals surface area contributed by atoms with Crippen LogP contribution in [0.4, 0.5) is 5.69 Å². The first-order chi connectivity index (χ1) is 11.1. The third-order valence-electron chi connectivity index (χ3n) is 3.86. The molecule has 1 aromatic carbocycles. The summed E-state index contributed by atoms with van der Waals surface area (Å²) >= 11 is 6.25. The number of halogens is 1. The minimum absolute atomic E-state index is 0.0150. The maximum atomic E-state index is 12.2. The van der Waals surface area contributed by atoms with E-state index in [0.29, 0.717) is 11.6 Å². The number of anilines is 1. The van der Waals surface area contributed by atoms with Gasteiger partial charge < -0.3 is 10.2 Å². The molecule has 0 saturated carbocycles. The Bertz CT molecular complexity index is 741. The van der Waals surface area contributed by atoms with Crippen LogP contribution in [0.5, 0.6) is 0 Å². The number of para-hydroxylation sites is 1. The van der Waals surface area contributed by atoms with Crippen molar-refractivity contribution in [3.05, 3.63) is 57.5 Å². The fourth-order valence-corrected chi connectivity index (χ4v) is 3.01. The molecule has 1 aliphatic heterocycles. The Morgan fingerprint density at radius 3 is 2.87 bits per heavy atom. The lowest BCUT2D eigenvalue weighted by Crippen LogP contribution is -2.48. The number of nitrogens with zero attached hydrogens (tertiary/aromatic N) is 2. The van der Waals surface area contributed by atoms with Crippen molar-refractivity contribution in [1.29, 1.82) is 0 Å². The van der Waals surface area contributed by atoms with Gasteiger partial charge in [0.15, 0.2) is 0 Å². The van der Waals surface area contributed by atoms with Gasteiger partial charge in [0.25, 0.3) is 11.5 Å². The second-order valence-corrected chi connectivity index (χ2v) is 5.92. The molecule has 0 radical (unpaired) electrons. The van der Waals surface area contributed by atoms with Gasteiger partial charge in [-0.15, -0.1) is 0 Å². The summed E-state index contributed by atoms with van der Waals surface area (Å²) in [5, 5.41) is 9.69. The Labute approximate surface area is 138 Å². The molecule has 7 heteroatoms. The SMILES string of the molecule is O=C(N[C@H]1CCCN(c2ccccc2Cl)C1)c1ccc(=O)[nH]n1. The number of aromatic amines is 1. The van der Waals surface area contributed by atoms with E-state index in [1.807, 2.05) is 24.3 Å². The number of nitrogens with one attached hydrogen (secondary N) is 2. The number of rotatable bonds is 3. The first-order valence-electron chi connectivity index (χ1n) is 7.49. The van der Waals surface area contributed by atoms with Crippen LogP contribution in [0.1, 0.15) is 23.3 Å². The molecule has 1 aliphatic rings. The normalized spacial score (nSPS) is 17.8. The molecule has 120 valence electrons. The van der Waals surface area contributed by atoms with Gasteiger partial charge in [-0.25, -0.2) is 5.10 Å². The highest BCUT2D eigenvalue weighted by atomic mass is 35.5. The van der Waals surface area contributed by atoms with Crippen LogP contribution in [0, 0.1) is 0 Å². The van der Waals surface area contributed by atoms with Gasteiger partial charge in [-0.1, -0.05) is 23.7 Å². The van der Waals surface area contributed by atoms with E-state index in [9.17, 15) is 9.59 Å². The van der Waals surface area contributed by atoms with E-state index in [1.165, 1.54) is 12.1 Å². The molecule has 0 unspecified atom stereocenters. The van der Waals surface area contributed by atoms with Gasteiger partial charge in [-0.3, -0.25) is 9.59 Å².